The molecular formula is C14H17NO4. The van der Waals surface area contributed by atoms with Crippen molar-refractivity contribution < 1.29 is 18.7 Å². The molecule has 0 aliphatic carbocycles. The summed E-state index contributed by atoms with van der Waals surface area (Å²) in [5.41, 5.74) is 0. The van der Waals surface area contributed by atoms with E-state index in [2.05, 4.69) is 0 Å². The Morgan fingerprint density at radius 2 is 1.74 bits per heavy atom. The van der Waals surface area contributed by atoms with Crippen LogP contribution in [0, 0.1) is 0 Å². The molecule has 0 radical (unpaired) electrons. The van der Waals surface area contributed by atoms with Crippen LogP contribution in [0.2, 0.25) is 0 Å². The number of carboxylic acids is 1. The van der Waals surface area contributed by atoms with Gasteiger partial charge < -0.3 is 13.9 Å². The van der Waals surface area contributed by atoms with E-state index in [4.69, 9.17) is 8.83 Å². The van der Waals surface area contributed by atoms with E-state index in [9.17, 15) is 9.90 Å². The van der Waals surface area contributed by atoms with Crippen molar-refractivity contribution in [3.05, 3.63) is 48.3 Å². The SMILES string of the molecule is CCC(C(=O)O)N(Cc1ccco1)Cc1ccco1. The van der Waals surface area contributed by atoms with E-state index in [0.29, 0.717) is 19.5 Å². The summed E-state index contributed by atoms with van der Waals surface area (Å²) >= 11 is 0. The van der Waals surface area contributed by atoms with Gasteiger partial charge in [-0.3, -0.25) is 9.69 Å². The second-order valence-corrected chi connectivity index (χ2v) is 4.33. The van der Waals surface area contributed by atoms with Crippen molar-refractivity contribution >= 4 is 5.97 Å². The third kappa shape index (κ3) is 3.48. The Balaban J connectivity index is 2.14. The number of hydrogen-bond donors (Lipinski definition) is 1. The molecule has 0 bridgehead atoms. The maximum Gasteiger partial charge on any atom is 0.320 e. The van der Waals surface area contributed by atoms with Gasteiger partial charge in [-0.25, -0.2) is 0 Å². The third-order valence-corrected chi connectivity index (χ3v) is 2.99. The summed E-state index contributed by atoms with van der Waals surface area (Å²) in [6.07, 6.45) is 3.70. The molecule has 0 saturated heterocycles. The smallest absolute Gasteiger partial charge is 0.320 e. The van der Waals surface area contributed by atoms with Crippen LogP contribution in [0.4, 0.5) is 0 Å². The average molecular weight is 263 g/mol. The van der Waals surface area contributed by atoms with Gasteiger partial charge in [-0.05, 0) is 30.7 Å². The normalized spacial score (nSPS) is 12.7. The lowest BCUT2D eigenvalue weighted by atomic mass is 10.1. The van der Waals surface area contributed by atoms with Gasteiger partial charge in [0.25, 0.3) is 0 Å². The summed E-state index contributed by atoms with van der Waals surface area (Å²) in [6, 6.07) is 6.70. The zero-order chi connectivity index (χ0) is 13.7. The molecule has 0 aliphatic heterocycles. The summed E-state index contributed by atoms with van der Waals surface area (Å²) in [4.78, 5) is 13.2. The molecule has 0 aliphatic rings. The monoisotopic (exact) mass is 263 g/mol. The van der Waals surface area contributed by atoms with Crippen LogP contribution < -0.4 is 0 Å². The molecule has 2 heterocycles. The molecule has 0 aromatic carbocycles. The van der Waals surface area contributed by atoms with Gasteiger partial charge in [0.2, 0.25) is 0 Å². The number of nitrogens with zero attached hydrogens (tertiary/aromatic N) is 1. The van der Waals surface area contributed by atoms with Gasteiger partial charge >= 0.3 is 5.97 Å². The minimum Gasteiger partial charge on any atom is -0.480 e. The van der Waals surface area contributed by atoms with Gasteiger partial charge in [-0.15, -0.1) is 0 Å². The first-order chi connectivity index (χ1) is 9.20. The van der Waals surface area contributed by atoms with Gasteiger partial charge in [0.05, 0.1) is 25.6 Å². The summed E-state index contributed by atoms with van der Waals surface area (Å²) in [7, 11) is 0. The molecule has 1 N–H and O–H groups in total. The van der Waals surface area contributed by atoms with Crippen LogP contribution in [0.1, 0.15) is 24.9 Å². The lowest BCUT2D eigenvalue weighted by Crippen LogP contribution is -2.39. The van der Waals surface area contributed by atoms with E-state index >= 15 is 0 Å². The summed E-state index contributed by atoms with van der Waals surface area (Å²) < 4.78 is 10.6. The van der Waals surface area contributed by atoms with Gasteiger partial charge in [0, 0.05) is 0 Å². The van der Waals surface area contributed by atoms with Gasteiger partial charge in [-0.1, -0.05) is 6.92 Å². The highest BCUT2D eigenvalue weighted by Crippen LogP contribution is 2.16. The Bertz CT molecular complexity index is 453. The van der Waals surface area contributed by atoms with Crippen molar-refractivity contribution in [3.63, 3.8) is 0 Å². The van der Waals surface area contributed by atoms with E-state index in [0.717, 1.165) is 11.5 Å². The predicted molar refractivity (Wildman–Crippen MR) is 68.4 cm³/mol. The van der Waals surface area contributed by atoms with E-state index in [-0.39, 0.29) is 0 Å². The van der Waals surface area contributed by atoms with Crippen molar-refractivity contribution in [2.45, 2.75) is 32.5 Å². The second kappa shape index (κ2) is 6.24. The number of aliphatic carboxylic acids is 1. The minimum atomic E-state index is -0.833. The maximum absolute atomic E-state index is 11.3. The molecule has 0 amide bonds. The highest BCUT2D eigenvalue weighted by Gasteiger charge is 2.25. The second-order valence-electron chi connectivity index (χ2n) is 4.33. The summed E-state index contributed by atoms with van der Waals surface area (Å²) in [6.45, 7) is 2.74. The van der Waals surface area contributed by atoms with Crippen molar-refractivity contribution in [2.24, 2.45) is 0 Å². The Labute approximate surface area is 111 Å². The highest BCUT2D eigenvalue weighted by atomic mass is 16.4. The summed E-state index contributed by atoms with van der Waals surface area (Å²) in [5, 5.41) is 9.30. The van der Waals surface area contributed by atoms with E-state index in [1.54, 1.807) is 24.7 Å². The topological polar surface area (TPSA) is 66.8 Å². The van der Waals surface area contributed by atoms with Gasteiger partial charge in [-0.2, -0.15) is 0 Å². The maximum atomic E-state index is 11.3. The lowest BCUT2D eigenvalue weighted by molar-refractivity contribution is -0.144. The van der Waals surface area contributed by atoms with Crippen molar-refractivity contribution in [1.82, 2.24) is 4.90 Å². The van der Waals surface area contributed by atoms with Crippen LogP contribution in [0.5, 0.6) is 0 Å². The van der Waals surface area contributed by atoms with Crippen LogP contribution in [-0.4, -0.2) is 22.0 Å². The summed E-state index contributed by atoms with van der Waals surface area (Å²) in [5.74, 6) is 0.651. The van der Waals surface area contributed by atoms with Crippen LogP contribution in [-0.2, 0) is 17.9 Å². The highest BCUT2D eigenvalue weighted by molar-refractivity contribution is 5.73. The first-order valence-corrected chi connectivity index (χ1v) is 6.22. The molecule has 1 unspecified atom stereocenters. The molecule has 0 saturated carbocycles. The molecular weight excluding hydrogens is 246 g/mol. The van der Waals surface area contributed by atoms with Crippen LogP contribution in [0.3, 0.4) is 0 Å². The third-order valence-electron chi connectivity index (χ3n) is 2.99. The molecule has 5 nitrogen and oxygen atoms in total. The number of carboxylic acid groups (broad SMARTS) is 1. The first-order valence-electron chi connectivity index (χ1n) is 6.22. The van der Waals surface area contributed by atoms with Crippen molar-refractivity contribution in [1.29, 1.82) is 0 Å². The molecule has 0 spiro atoms. The molecule has 2 aromatic rings. The Kier molecular flexibility index (Phi) is 4.41. The van der Waals surface area contributed by atoms with E-state index in [1.165, 1.54) is 0 Å². The molecule has 1 atom stereocenters. The fourth-order valence-electron chi connectivity index (χ4n) is 2.07. The molecule has 102 valence electrons. The molecule has 2 rings (SSSR count). The number of furan rings is 2. The van der Waals surface area contributed by atoms with Crippen LogP contribution in [0.15, 0.2) is 45.6 Å². The average Bonchev–Trinajstić information content (AvgIpc) is 3.02. The number of carbonyl (C=O) groups is 1. The zero-order valence-electron chi connectivity index (χ0n) is 10.8. The quantitative estimate of drug-likeness (QED) is 0.832. The zero-order valence-corrected chi connectivity index (χ0v) is 10.8. The van der Waals surface area contributed by atoms with E-state index in [1.807, 2.05) is 24.0 Å². The Morgan fingerprint density at radius 3 is 2.05 bits per heavy atom. The van der Waals surface area contributed by atoms with Crippen LogP contribution >= 0.6 is 0 Å². The largest absolute Gasteiger partial charge is 0.480 e. The van der Waals surface area contributed by atoms with Crippen molar-refractivity contribution in [3.8, 4) is 0 Å². The van der Waals surface area contributed by atoms with Crippen molar-refractivity contribution in [2.75, 3.05) is 0 Å². The fourth-order valence-corrected chi connectivity index (χ4v) is 2.07. The molecule has 5 heteroatoms. The first kappa shape index (κ1) is 13.4. The predicted octanol–water partition coefficient (Wildman–Crippen LogP) is 2.74. The number of hydrogen-bond acceptors (Lipinski definition) is 4. The molecule has 0 fully saturated rings. The molecule has 2 aromatic heterocycles. The van der Waals surface area contributed by atoms with Gasteiger partial charge in [0.1, 0.15) is 17.6 Å². The van der Waals surface area contributed by atoms with E-state index < -0.39 is 12.0 Å². The van der Waals surface area contributed by atoms with Gasteiger partial charge in [0.15, 0.2) is 0 Å². The minimum absolute atomic E-state index is 0.443. The molecule has 19 heavy (non-hydrogen) atoms. The standard InChI is InChI=1S/C14H17NO4/c1-2-13(14(16)17)15(9-11-5-3-7-18-11)10-12-6-4-8-19-12/h3-8,13H,2,9-10H2,1H3,(H,16,17). The number of rotatable bonds is 7. The Hall–Kier alpha value is -2.01. The van der Waals surface area contributed by atoms with Crippen LogP contribution in [0.25, 0.3) is 0 Å². The fraction of sp³-hybridized carbons (Fsp3) is 0.357. The Morgan fingerprint density at radius 1 is 1.21 bits per heavy atom. The lowest BCUT2D eigenvalue weighted by Gasteiger charge is -2.26.